The van der Waals surface area contributed by atoms with Crippen molar-refractivity contribution >= 4 is 17.5 Å². The molecular weight excluding hydrogens is 411 g/mol. The van der Waals surface area contributed by atoms with Crippen molar-refractivity contribution in [3.05, 3.63) is 53.7 Å². The third-order valence-electron chi connectivity index (χ3n) is 6.35. The monoisotopic (exact) mass is 442 g/mol. The first-order valence-electron chi connectivity index (χ1n) is 11.4. The van der Waals surface area contributed by atoms with Crippen LogP contribution in [0.15, 0.2) is 40.8 Å². The van der Waals surface area contributed by atoms with Crippen LogP contribution >= 0.6 is 0 Å². The Bertz CT molecular complexity index is 914. The van der Waals surface area contributed by atoms with Crippen LogP contribution in [-0.2, 0) is 4.79 Å². The van der Waals surface area contributed by atoms with Crippen LogP contribution in [0.25, 0.3) is 0 Å². The second kappa shape index (κ2) is 10.2. The number of nitrogens with one attached hydrogen (secondary N) is 1. The van der Waals surface area contributed by atoms with E-state index in [0.29, 0.717) is 25.3 Å². The number of rotatable bonds is 6. The van der Waals surface area contributed by atoms with Crippen molar-refractivity contribution in [1.82, 2.24) is 15.1 Å². The molecule has 1 aromatic heterocycles. The van der Waals surface area contributed by atoms with Crippen LogP contribution < -0.4 is 10.2 Å². The predicted octanol–water partition coefficient (Wildman–Crippen LogP) is 2.66. The Morgan fingerprint density at radius 1 is 1.00 bits per heavy atom. The average Bonchev–Trinajstić information content (AvgIpc) is 3.25. The highest BCUT2D eigenvalue weighted by Gasteiger charge is 2.25. The molecule has 3 heterocycles. The zero-order valence-electron chi connectivity index (χ0n) is 18.6. The van der Waals surface area contributed by atoms with Gasteiger partial charge in [0.25, 0.3) is 5.91 Å². The van der Waals surface area contributed by atoms with E-state index < -0.39 is 0 Å². The number of furan rings is 1. The second-order valence-electron chi connectivity index (χ2n) is 8.59. The summed E-state index contributed by atoms with van der Waals surface area (Å²) in [7, 11) is 0. The Hall–Kier alpha value is -2.87. The summed E-state index contributed by atoms with van der Waals surface area (Å²) in [6.45, 7) is 7.21. The fourth-order valence-corrected chi connectivity index (χ4v) is 4.39. The number of hydrogen-bond donors (Lipinski definition) is 1. The molecule has 2 aromatic rings. The van der Waals surface area contributed by atoms with E-state index in [1.165, 1.54) is 12.1 Å². The van der Waals surface area contributed by atoms with Gasteiger partial charge in [0.2, 0.25) is 5.91 Å². The first kappa shape index (κ1) is 22.3. The van der Waals surface area contributed by atoms with Crippen LogP contribution in [0, 0.1) is 12.7 Å². The molecule has 0 radical (unpaired) electrons. The molecule has 0 unspecified atom stereocenters. The minimum Gasteiger partial charge on any atom is -0.456 e. The van der Waals surface area contributed by atoms with Gasteiger partial charge in [0.15, 0.2) is 5.76 Å². The molecule has 8 heteroatoms. The normalized spacial score (nSPS) is 18.1. The summed E-state index contributed by atoms with van der Waals surface area (Å²) in [5, 5.41) is 3.05. The summed E-state index contributed by atoms with van der Waals surface area (Å²) in [4.78, 5) is 31.3. The van der Waals surface area contributed by atoms with Gasteiger partial charge in [0, 0.05) is 64.0 Å². The number of likely N-dealkylation sites (tertiary alicyclic amines) is 1. The van der Waals surface area contributed by atoms with Gasteiger partial charge in [-0.3, -0.25) is 9.59 Å². The summed E-state index contributed by atoms with van der Waals surface area (Å²) in [6, 6.07) is 10.1. The molecule has 172 valence electrons. The van der Waals surface area contributed by atoms with E-state index >= 15 is 0 Å². The Kier molecular flexibility index (Phi) is 7.09. The lowest BCUT2D eigenvalue weighted by Gasteiger charge is -2.37. The number of piperidine rings is 1. The summed E-state index contributed by atoms with van der Waals surface area (Å²) in [6.07, 6.45) is 2.26. The van der Waals surface area contributed by atoms with Crippen LogP contribution in [0.2, 0.25) is 0 Å². The molecule has 4 rings (SSSR count). The van der Waals surface area contributed by atoms with E-state index in [2.05, 4.69) is 15.1 Å². The summed E-state index contributed by atoms with van der Waals surface area (Å²) in [5.74, 6) is 0.877. The smallest absolute Gasteiger partial charge is 0.287 e. The molecular formula is C24H31FN4O3. The van der Waals surface area contributed by atoms with Crippen LogP contribution in [0.1, 0.15) is 35.6 Å². The standard InChI is InChI=1S/C24H31FN4O3/c1-18-2-7-22(32-18)24(31)26-20-8-11-27(12-9-20)13-10-23(30)29-16-14-28(15-17-29)21-5-3-19(25)4-6-21/h2-7,20H,8-17H2,1H3,(H,26,31). The molecule has 2 fully saturated rings. The quantitative estimate of drug-likeness (QED) is 0.745. The maximum absolute atomic E-state index is 13.1. The Labute approximate surface area is 188 Å². The van der Waals surface area contributed by atoms with E-state index in [0.717, 1.165) is 57.0 Å². The van der Waals surface area contributed by atoms with Crippen molar-refractivity contribution in [3.8, 4) is 0 Å². The van der Waals surface area contributed by atoms with Gasteiger partial charge in [-0.15, -0.1) is 0 Å². The minimum atomic E-state index is -0.235. The van der Waals surface area contributed by atoms with E-state index in [-0.39, 0.29) is 23.7 Å². The van der Waals surface area contributed by atoms with E-state index in [4.69, 9.17) is 4.42 Å². The number of hydrogen-bond acceptors (Lipinski definition) is 5. The van der Waals surface area contributed by atoms with Crippen LogP contribution in [-0.4, -0.2) is 73.5 Å². The van der Waals surface area contributed by atoms with Gasteiger partial charge in [0.1, 0.15) is 11.6 Å². The van der Waals surface area contributed by atoms with Gasteiger partial charge in [-0.1, -0.05) is 0 Å². The first-order valence-corrected chi connectivity index (χ1v) is 11.4. The van der Waals surface area contributed by atoms with Crippen molar-refractivity contribution in [2.45, 2.75) is 32.2 Å². The van der Waals surface area contributed by atoms with Gasteiger partial charge in [-0.05, 0) is 56.2 Å². The fraction of sp³-hybridized carbons (Fsp3) is 0.500. The van der Waals surface area contributed by atoms with Crippen molar-refractivity contribution in [2.24, 2.45) is 0 Å². The molecule has 7 nitrogen and oxygen atoms in total. The molecule has 2 amide bonds. The lowest BCUT2D eigenvalue weighted by Crippen LogP contribution is -2.50. The lowest BCUT2D eigenvalue weighted by molar-refractivity contribution is -0.131. The molecule has 1 aromatic carbocycles. The number of benzene rings is 1. The number of halogens is 1. The maximum atomic E-state index is 13.1. The van der Waals surface area contributed by atoms with Gasteiger partial charge < -0.3 is 24.4 Å². The summed E-state index contributed by atoms with van der Waals surface area (Å²) in [5.41, 5.74) is 0.996. The lowest BCUT2D eigenvalue weighted by atomic mass is 10.0. The number of aryl methyl sites for hydroxylation is 1. The Morgan fingerprint density at radius 2 is 1.69 bits per heavy atom. The zero-order chi connectivity index (χ0) is 22.5. The number of carbonyl (C=O) groups is 2. The van der Waals surface area contributed by atoms with Crippen molar-refractivity contribution < 1.29 is 18.4 Å². The van der Waals surface area contributed by atoms with Crippen LogP contribution in [0.5, 0.6) is 0 Å². The number of amides is 2. The molecule has 2 saturated heterocycles. The molecule has 2 aliphatic rings. The summed E-state index contributed by atoms with van der Waals surface area (Å²) >= 11 is 0. The molecule has 0 saturated carbocycles. The molecule has 0 spiro atoms. The van der Waals surface area contributed by atoms with Gasteiger partial charge in [0.05, 0.1) is 0 Å². The summed E-state index contributed by atoms with van der Waals surface area (Å²) < 4.78 is 18.5. The third kappa shape index (κ3) is 5.68. The first-order chi connectivity index (χ1) is 15.5. The highest BCUT2D eigenvalue weighted by molar-refractivity contribution is 5.91. The van der Waals surface area contributed by atoms with Crippen molar-refractivity contribution in [3.63, 3.8) is 0 Å². The van der Waals surface area contributed by atoms with E-state index in [1.807, 2.05) is 11.8 Å². The van der Waals surface area contributed by atoms with Gasteiger partial charge >= 0.3 is 0 Å². The fourth-order valence-electron chi connectivity index (χ4n) is 4.39. The molecule has 0 aliphatic carbocycles. The third-order valence-corrected chi connectivity index (χ3v) is 6.35. The zero-order valence-corrected chi connectivity index (χ0v) is 18.6. The van der Waals surface area contributed by atoms with E-state index in [9.17, 15) is 14.0 Å². The van der Waals surface area contributed by atoms with Crippen LogP contribution in [0.3, 0.4) is 0 Å². The maximum Gasteiger partial charge on any atom is 0.287 e. The van der Waals surface area contributed by atoms with Crippen LogP contribution in [0.4, 0.5) is 10.1 Å². The number of anilines is 1. The SMILES string of the molecule is Cc1ccc(C(=O)NC2CCN(CCC(=O)N3CCN(c4ccc(F)cc4)CC3)CC2)o1. The van der Waals surface area contributed by atoms with Gasteiger partial charge in [-0.25, -0.2) is 4.39 Å². The number of carbonyl (C=O) groups excluding carboxylic acids is 2. The molecule has 2 aliphatic heterocycles. The molecule has 0 bridgehead atoms. The highest BCUT2D eigenvalue weighted by Crippen LogP contribution is 2.18. The molecule has 0 atom stereocenters. The topological polar surface area (TPSA) is 69.0 Å². The minimum absolute atomic E-state index is 0.138. The predicted molar refractivity (Wildman–Crippen MR) is 120 cm³/mol. The molecule has 1 N–H and O–H groups in total. The van der Waals surface area contributed by atoms with Gasteiger partial charge in [-0.2, -0.15) is 0 Å². The Balaban J connectivity index is 1.14. The largest absolute Gasteiger partial charge is 0.456 e. The average molecular weight is 443 g/mol. The molecule has 32 heavy (non-hydrogen) atoms. The van der Waals surface area contributed by atoms with E-state index in [1.54, 1.807) is 24.3 Å². The number of piperazine rings is 1. The number of nitrogens with zero attached hydrogens (tertiary/aromatic N) is 3. The second-order valence-corrected chi connectivity index (χ2v) is 8.59. The van der Waals surface area contributed by atoms with Crippen molar-refractivity contribution in [2.75, 3.05) is 50.7 Å². The van der Waals surface area contributed by atoms with Crippen molar-refractivity contribution in [1.29, 1.82) is 0 Å². The Morgan fingerprint density at radius 3 is 2.31 bits per heavy atom. The highest BCUT2D eigenvalue weighted by atomic mass is 19.1.